The summed E-state index contributed by atoms with van der Waals surface area (Å²) in [5.41, 5.74) is 5.12. The molecular weight excluding hydrogens is 414 g/mol. The van der Waals surface area contributed by atoms with Gasteiger partial charge in [-0.05, 0) is 79.6 Å². The second kappa shape index (κ2) is 9.02. The molecule has 2 saturated heterocycles. The van der Waals surface area contributed by atoms with Crippen LogP contribution < -0.4 is 10.1 Å². The molecule has 0 radical (unpaired) electrons. The molecular formula is C27H31N3O3. The zero-order valence-corrected chi connectivity index (χ0v) is 19.2. The standard InChI is InChI=1S/C27H31N3O3/c1-18-6-9-25(26(31)28-18)30-17-22-15-21(7-8-24(22)27(30)32)20-10-12-29(13-11-20)16-19-4-3-5-23(14-19)33-2/h3-5,7-8,14-15,20,25H,1,6,9-13,16-17H2,2H3,(H,28,31). The highest BCUT2D eigenvalue weighted by Gasteiger charge is 2.38. The van der Waals surface area contributed by atoms with Gasteiger partial charge in [-0.1, -0.05) is 30.8 Å². The largest absolute Gasteiger partial charge is 0.497 e. The van der Waals surface area contributed by atoms with Gasteiger partial charge in [0.1, 0.15) is 11.8 Å². The number of ether oxygens (including phenoxy) is 1. The maximum atomic E-state index is 13.0. The van der Waals surface area contributed by atoms with Gasteiger partial charge in [0.25, 0.3) is 5.91 Å². The Morgan fingerprint density at radius 1 is 1.09 bits per heavy atom. The highest BCUT2D eigenvalue weighted by atomic mass is 16.5. The Hall–Kier alpha value is -3.12. The summed E-state index contributed by atoms with van der Waals surface area (Å²) in [6, 6.07) is 14.2. The first kappa shape index (κ1) is 21.7. The number of methoxy groups -OCH3 is 1. The van der Waals surface area contributed by atoms with Gasteiger partial charge in [0.15, 0.2) is 0 Å². The van der Waals surface area contributed by atoms with Gasteiger partial charge in [0.05, 0.1) is 7.11 Å². The molecule has 0 bridgehead atoms. The summed E-state index contributed by atoms with van der Waals surface area (Å²) >= 11 is 0. The summed E-state index contributed by atoms with van der Waals surface area (Å²) < 4.78 is 5.35. The van der Waals surface area contributed by atoms with Crippen LogP contribution in [-0.4, -0.2) is 47.9 Å². The van der Waals surface area contributed by atoms with E-state index < -0.39 is 6.04 Å². The van der Waals surface area contributed by atoms with E-state index in [-0.39, 0.29) is 11.8 Å². The van der Waals surface area contributed by atoms with E-state index in [2.05, 4.69) is 41.1 Å². The predicted octanol–water partition coefficient (Wildman–Crippen LogP) is 3.82. The molecule has 2 fully saturated rings. The molecule has 0 spiro atoms. The molecule has 1 atom stereocenters. The predicted molar refractivity (Wildman–Crippen MR) is 127 cm³/mol. The lowest BCUT2D eigenvalue weighted by molar-refractivity contribution is -0.126. The average molecular weight is 446 g/mol. The van der Waals surface area contributed by atoms with E-state index >= 15 is 0 Å². The summed E-state index contributed by atoms with van der Waals surface area (Å²) in [5, 5.41) is 2.81. The monoisotopic (exact) mass is 445 g/mol. The van der Waals surface area contributed by atoms with Gasteiger partial charge < -0.3 is 15.0 Å². The molecule has 0 aromatic heterocycles. The van der Waals surface area contributed by atoms with Crippen LogP contribution in [0.15, 0.2) is 54.7 Å². The number of carbonyl (C=O) groups is 2. The van der Waals surface area contributed by atoms with E-state index in [0.29, 0.717) is 18.9 Å². The van der Waals surface area contributed by atoms with Crippen molar-refractivity contribution >= 4 is 11.8 Å². The van der Waals surface area contributed by atoms with Crippen LogP contribution in [0.5, 0.6) is 5.75 Å². The number of piperidine rings is 2. The maximum absolute atomic E-state index is 13.0. The average Bonchev–Trinajstić information content (AvgIpc) is 3.15. The van der Waals surface area contributed by atoms with Crippen LogP contribution >= 0.6 is 0 Å². The van der Waals surface area contributed by atoms with Crippen LogP contribution in [0.25, 0.3) is 0 Å². The first-order valence-corrected chi connectivity index (χ1v) is 11.8. The fourth-order valence-electron chi connectivity index (χ4n) is 5.38. The molecule has 0 saturated carbocycles. The Morgan fingerprint density at radius 3 is 2.67 bits per heavy atom. The maximum Gasteiger partial charge on any atom is 0.255 e. The lowest BCUT2D eigenvalue weighted by atomic mass is 9.87. The van der Waals surface area contributed by atoms with E-state index in [1.807, 2.05) is 18.2 Å². The van der Waals surface area contributed by atoms with Gasteiger partial charge in [0.2, 0.25) is 5.91 Å². The molecule has 1 N–H and O–H groups in total. The quantitative estimate of drug-likeness (QED) is 0.760. The van der Waals surface area contributed by atoms with Crippen molar-refractivity contribution in [2.75, 3.05) is 20.2 Å². The molecule has 172 valence electrons. The van der Waals surface area contributed by atoms with E-state index in [1.54, 1.807) is 12.0 Å². The van der Waals surface area contributed by atoms with Crippen LogP contribution in [-0.2, 0) is 17.9 Å². The molecule has 3 heterocycles. The fraction of sp³-hybridized carbons (Fsp3) is 0.407. The second-order valence-corrected chi connectivity index (χ2v) is 9.40. The molecule has 2 aromatic carbocycles. The second-order valence-electron chi connectivity index (χ2n) is 9.40. The summed E-state index contributed by atoms with van der Waals surface area (Å²) in [6.45, 7) is 7.40. The van der Waals surface area contributed by atoms with Crippen molar-refractivity contribution in [1.82, 2.24) is 15.1 Å². The third kappa shape index (κ3) is 4.40. The molecule has 1 unspecified atom stereocenters. The van der Waals surface area contributed by atoms with Crippen LogP contribution in [0, 0.1) is 0 Å². The Labute approximate surface area is 195 Å². The van der Waals surface area contributed by atoms with Crippen LogP contribution in [0.4, 0.5) is 0 Å². The summed E-state index contributed by atoms with van der Waals surface area (Å²) in [4.78, 5) is 29.6. The van der Waals surface area contributed by atoms with Crippen molar-refractivity contribution < 1.29 is 14.3 Å². The molecule has 2 aromatic rings. The summed E-state index contributed by atoms with van der Waals surface area (Å²) in [7, 11) is 1.70. The van der Waals surface area contributed by atoms with Crippen molar-refractivity contribution in [2.24, 2.45) is 0 Å². The third-order valence-electron chi connectivity index (χ3n) is 7.26. The number of hydrogen-bond acceptors (Lipinski definition) is 4. The molecule has 0 aliphatic carbocycles. The van der Waals surface area contributed by atoms with Gasteiger partial charge in [-0.3, -0.25) is 14.5 Å². The van der Waals surface area contributed by atoms with Crippen molar-refractivity contribution in [1.29, 1.82) is 0 Å². The van der Waals surface area contributed by atoms with Gasteiger partial charge in [0, 0.05) is 24.4 Å². The number of nitrogens with one attached hydrogen (secondary N) is 1. The highest BCUT2D eigenvalue weighted by Crippen LogP contribution is 2.34. The van der Waals surface area contributed by atoms with Crippen LogP contribution in [0.2, 0.25) is 0 Å². The molecule has 2 amide bonds. The van der Waals surface area contributed by atoms with Crippen LogP contribution in [0.1, 0.15) is 58.6 Å². The van der Waals surface area contributed by atoms with E-state index in [0.717, 1.165) is 61.5 Å². The Balaban J connectivity index is 1.22. The minimum Gasteiger partial charge on any atom is -0.497 e. The first-order valence-electron chi connectivity index (χ1n) is 11.8. The number of nitrogens with zero attached hydrogens (tertiary/aromatic N) is 2. The fourth-order valence-corrected chi connectivity index (χ4v) is 5.38. The number of benzene rings is 2. The highest BCUT2D eigenvalue weighted by molar-refractivity contribution is 6.01. The Kier molecular flexibility index (Phi) is 5.94. The molecule has 5 rings (SSSR count). The third-order valence-corrected chi connectivity index (χ3v) is 7.26. The van der Waals surface area contributed by atoms with Gasteiger partial charge >= 0.3 is 0 Å². The zero-order valence-electron chi connectivity index (χ0n) is 19.2. The summed E-state index contributed by atoms with van der Waals surface area (Å²) in [6.07, 6.45) is 3.57. The number of likely N-dealkylation sites (tertiary alicyclic amines) is 1. The van der Waals surface area contributed by atoms with Gasteiger partial charge in [-0.25, -0.2) is 0 Å². The van der Waals surface area contributed by atoms with E-state index in [1.165, 1.54) is 11.1 Å². The molecule has 33 heavy (non-hydrogen) atoms. The molecule has 3 aliphatic rings. The minimum absolute atomic E-state index is 0.0303. The first-order chi connectivity index (χ1) is 16.0. The minimum atomic E-state index is -0.404. The molecule has 6 nitrogen and oxygen atoms in total. The van der Waals surface area contributed by atoms with E-state index in [9.17, 15) is 9.59 Å². The van der Waals surface area contributed by atoms with Gasteiger partial charge in [-0.2, -0.15) is 0 Å². The Morgan fingerprint density at radius 2 is 1.91 bits per heavy atom. The number of fused-ring (bicyclic) bond motifs is 1. The SMILES string of the molecule is C=C1CCC(N2Cc3cc(C4CCN(Cc5cccc(OC)c5)CC4)ccc3C2=O)C(=O)N1. The van der Waals surface area contributed by atoms with Crippen molar-refractivity contribution in [2.45, 2.75) is 50.7 Å². The smallest absolute Gasteiger partial charge is 0.255 e. The number of rotatable bonds is 5. The lowest BCUT2D eigenvalue weighted by Gasteiger charge is -2.32. The normalized spacial score (nSPS) is 21.8. The van der Waals surface area contributed by atoms with Gasteiger partial charge in [-0.15, -0.1) is 0 Å². The lowest BCUT2D eigenvalue weighted by Crippen LogP contribution is -2.49. The number of hydrogen-bond donors (Lipinski definition) is 1. The van der Waals surface area contributed by atoms with Crippen molar-refractivity contribution in [3.8, 4) is 5.75 Å². The molecule has 3 aliphatic heterocycles. The summed E-state index contributed by atoms with van der Waals surface area (Å²) in [5.74, 6) is 1.26. The zero-order chi connectivity index (χ0) is 22.9. The number of allylic oxidation sites excluding steroid dienone is 1. The van der Waals surface area contributed by atoms with Crippen LogP contribution in [0.3, 0.4) is 0 Å². The number of carbonyl (C=O) groups excluding carboxylic acids is 2. The van der Waals surface area contributed by atoms with Crippen molar-refractivity contribution in [3.63, 3.8) is 0 Å². The molecule has 6 heteroatoms. The topological polar surface area (TPSA) is 61.9 Å². The van der Waals surface area contributed by atoms with Crippen molar-refractivity contribution in [3.05, 3.63) is 77.0 Å². The Bertz CT molecular complexity index is 1090. The number of amides is 2. The van der Waals surface area contributed by atoms with E-state index in [4.69, 9.17) is 4.74 Å².